The predicted octanol–water partition coefficient (Wildman–Crippen LogP) is 4.44. The second-order valence-electron chi connectivity index (χ2n) is 7.23. The molecular formula is C22H19ClN2O3. The zero-order chi connectivity index (χ0) is 19.8. The van der Waals surface area contributed by atoms with Crippen LogP contribution in [0.4, 0.5) is 11.4 Å². The molecule has 1 N–H and O–H groups in total. The largest absolute Gasteiger partial charge is 0.322 e. The average molecular weight is 395 g/mol. The van der Waals surface area contributed by atoms with Crippen molar-refractivity contribution in [3.8, 4) is 0 Å². The number of imide groups is 1. The number of anilines is 2. The van der Waals surface area contributed by atoms with Crippen molar-refractivity contribution in [1.29, 1.82) is 0 Å². The van der Waals surface area contributed by atoms with Crippen LogP contribution >= 0.6 is 11.6 Å². The molecule has 2 aromatic rings. The van der Waals surface area contributed by atoms with Gasteiger partial charge in [-0.3, -0.25) is 19.3 Å². The number of carbonyl (C=O) groups excluding carboxylic acids is 3. The van der Waals surface area contributed by atoms with Crippen molar-refractivity contribution < 1.29 is 14.4 Å². The Morgan fingerprint density at radius 2 is 1.79 bits per heavy atom. The molecule has 28 heavy (non-hydrogen) atoms. The van der Waals surface area contributed by atoms with E-state index in [2.05, 4.69) is 5.32 Å². The highest BCUT2D eigenvalue weighted by atomic mass is 35.5. The molecule has 2 aliphatic rings. The number of rotatable bonds is 3. The summed E-state index contributed by atoms with van der Waals surface area (Å²) in [6.07, 6.45) is 3.28. The summed E-state index contributed by atoms with van der Waals surface area (Å²) in [4.78, 5) is 39.2. The van der Waals surface area contributed by atoms with Gasteiger partial charge in [0.05, 0.1) is 17.5 Å². The number of nitrogens with one attached hydrogen (secondary N) is 1. The third-order valence-corrected chi connectivity index (χ3v) is 5.53. The van der Waals surface area contributed by atoms with Gasteiger partial charge in [-0.25, -0.2) is 0 Å². The summed E-state index contributed by atoms with van der Waals surface area (Å²) >= 11 is 5.93. The summed E-state index contributed by atoms with van der Waals surface area (Å²) in [5.41, 5.74) is 2.68. The van der Waals surface area contributed by atoms with E-state index in [1.54, 1.807) is 48.5 Å². The normalized spacial score (nSPS) is 21.4. The Kier molecular flexibility index (Phi) is 4.77. The van der Waals surface area contributed by atoms with Crippen LogP contribution in [0.2, 0.25) is 5.02 Å². The predicted molar refractivity (Wildman–Crippen MR) is 108 cm³/mol. The second-order valence-corrected chi connectivity index (χ2v) is 7.66. The van der Waals surface area contributed by atoms with Gasteiger partial charge in [-0.05, 0) is 62.2 Å². The first kappa shape index (κ1) is 18.4. The molecule has 0 spiro atoms. The minimum atomic E-state index is -0.290. The number of fused-ring (bicyclic) bond motifs is 1. The van der Waals surface area contributed by atoms with Crippen LogP contribution < -0.4 is 10.2 Å². The molecule has 3 amide bonds. The van der Waals surface area contributed by atoms with Crippen LogP contribution in [-0.2, 0) is 9.59 Å². The molecule has 0 bridgehead atoms. The summed E-state index contributed by atoms with van der Waals surface area (Å²) in [6, 6.07) is 13.4. The van der Waals surface area contributed by atoms with Gasteiger partial charge in [-0.1, -0.05) is 29.3 Å². The highest BCUT2D eigenvalue weighted by molar-refractivity contribution is 6.31. The zero-order valence-corrected chi connectivity index (χ0v) is 16.1. The van der Waals surface area contributed by atoms with Crippen LogP contribution in [0.25, 0.3) is 0 Å². The molecule has 1 fully saturated rings. The van der Waals surface area contributed by atoms with Gasteiger partial charge in [0.15, 0.2) is 0 Å². The number of amides is 3. The van der Waals surface area contributed by atoms with Gasteiger partial charge < -0.3 is 5.32 Å². The Hall–Kier alpha value is -2.92. The number of halogens is 1. The van der Waals surface area contributed by atoms with Gasteiger partial charge in [0.1, 0.15) is 0 Å². The summed E-state index contributed by atoms with van der Waals surface area (Å²) in [7, 11) is 0. The van der Waals surface area contributed by atoms with Gasteiger partial charge in [0, 0.05) is 16.3 Å². The molecular weight excluding hydrogens is 376 g/mol. The Morgan fingerprint density at radius 3 is 2.50 bits per heavy atom. The molecule has 0 aromatic heterocycles. The smallest absolute Gasteiger partial charge is 0.255 e. The second kappa shape index (κ2) is 7.24. The van der Waals surface area contributed by atoms with Crippen molar-refractivity contribution in [2.45, 2.75) is 19.8 Å². The topological polar surface area (TPSA) is 66.5 Å². The molecule has 5 nitrogen and oxygen atoms in total. The third kappa shape index (κ3) is 3.34. The Morgan fingerprint density at radius 1 is 1.07 bits per heavy atom. The van der Waals surface area contributed by atoms with Crippen LogP contribution in [0.5, 0.6) is 0 Å². The standard InChI is InChI=1S/C22H19ClN2O3/c1-13-5-10-18-19(11-13)22(28)25(21(18)27)17-8-6-14(7-9-17)20(26)24-16-4-2-3-15(23)12-16/h2-9,12,18-19H,10-11H2,1H3,(H,24,26)/t18-,19+/m1/s1. The van der Waals surface area contributed by atoms with E-state index < -0.39 is 0 Å². The van der Waals surface area contributed by atoms with E-state index in [1.807, 2.05) is 13.0 Å². The average Bonchev–Trinajstić information content (AvgIpc) is 2.92. The summed E-state index contributed by atoms with van der Waals surface area (Å²) < 4.78 is 0. The first-order valence-electron chi connectivity index (χ1n) is 9.14. The number of allylic oxidation sites excluding steroid dienone is 2. The Bertz CT molecular complexity index is 997. The molecule has 1 aliphatic heterocycles. The van der Waals surface area contributed by atoms with E-state index in [-0.39, 0.29) is 29.6 Å². The maximum Gasteiger partial charge on any atom is 0.255 e. The molecule has 1 heterocycles. The van der Waals surface area contributed by atoms with Crippen molar-refractivity contribution >= 4 is 40.7 Å². The molecule has 1 aliphatic carbocycles. The lowest BCUT2D eigenvalue weighted by Crippen LogP contribution is -2.30. The molecule has 0 radical (unpaired) electrons. The minimum Gasteiger partial charge on any atom is -0.322 e. The van der Waals surface area contributed by atoms with E-state index in [9.17, 15) is 14.4 Å². The van der Waals surface area contributed by atoms with Crippen molar-refractivity contribution in [2.24, 2.45) is 11.8 Å². The van der Waals surface area contributed by atoms with Crippen LogP contribution in [-0.4, -0.2) is 17.7 Å². The molecule has 6 heteroatoms. The molecule has 4 rings (SSSR count). The van der Waals surface area contributed by atoms with Crippen molar-refractivity contribution in [3.63, 3.8) is 0 Å². The highest BCUT2D eigenvalue weighted by Gasteiger charge is 2.48. The fourth-order valence-electron chi connectivity index (χ4n) is 3.82. The van der Waals surface area contributed by atoms with Crippen LogP contribution in [0.1, 0.15) is 30.1 Å². The monoisotopic (exact) mass is 394 g/mol. The third-order valence-electron chi connectivity index (χ3n) is 5.29. The van der Waals surface area contributed by atoms with E-state index >= 15 is 0 Å². The van der Waals surface area contributed by atoms with Crippen molar-refractivity contribution in [3.05, 3.63) is 70.8 Å². The first-order valence-corrected chi connectivity index (χ1v) is 9.52. The van der Waals surface area contributed by atoms with Crippen molar-refractivity contribution in [2.75, 3.05) is 10.2 Å². The SMILES string of the molecule is CC1=CC[C@H]2C(=O)N(c3ccc(C(=O)Nc4cccc(Cl)c4)cc3)C(=O)[C@H]2C1. The van der Waals surface area contributed by atoms with Crippen LogP contribution in [0.3, 0.4) is 0 Å². The zero-order valence-electron chi connectivity index (χ0n) is 15.3. The molecule has 2 aromatic carbocycles. The molecule has 0 unspecified atom stereocenters. The van der Waals surface area contributed by atoms with Gasteiger partial charge in [-0.15, -0.1) is 0 Å². The van der Waals surface area contributed by atoms with Gasteiger partial charge >= 0.3 is 0 Å². The lowest BCUT2D eigenvalue weighted by molar-refractivity contribution is -0.122. The van der Waals surface area contributed by atoms with Crippen molar-refractivity contribution in [1.82, 2.24) is 0 Å². The van der Waals surface area contributed by atoms with Gasteiger partial charge in [0.2, 0.25) is 11.8 Å². The lowest BCUT2D eigenvalue weighted by Gasteiger charge is -2.18. The number of benzene rings is 2. The molecule has 2 atom stereocenters. The summed E-state index contributed by atoms with van der Waals surface area (Å²) in [5.74, 6) is -1.15. The van der Waals surface area contributed by atoms with Gasteiger partial charge in [0.25, 0.3) is 5.91 Å². The summed E-state index contributed by atoms with van der Waals surface area (Å²) in [6.45, 7) is 1.99. The summed E-state index contributed by atoms with van der Waals surface area (Å²) in [5, 5.41) is 3.31. The quantitative estimate of drug-likeness (QED) is 0.618. The van der Waals surface area contributed by atoms with E-state index in [0.717, 1.165) is 5.57 Å². The van der Waals surface area contributed by atoms with E-state index in [1.165, 1.54) is 4.90 Å². The number of hydrogen-bond donors (Lipinski definition) is 1. The highest BCUT2D eigenvalue weighted by Crippen LogP contribution is 2.39. The fraction of sp³-hybridized carbons (Fsp3) is 0.227. The maximum absolute atomic E-state index is 12.8. The maximum atomic E-state index is 12.8. The van der Waals surface area contributed by atoms with Crippen LogP contribution in [0.15, 0.2) is 60.2 Å². The Labute approximate surface area is 168 Å². The number of carbonyl (C=O) groups is 3. The van der Waals surface area contributed by atoms with Crippen LogP contribution in [0, 0.1) is 11.8 Å². The fourth-order valence-corrected chi connectivity index (χ4v) is 4.01. The number of nitrogens with zero attached hydrogens (tertiary/aromatic N) is 1. The number of hydrogen-bond acceptors (Lipinski definition) is 3. The van der Waals surface area contributed by atoms with E-state index in [4.69, 9.17) is 11.6 Å². The molecule has 0 saturated carbocycles. The first-order chi connectivity index (χ1) is 13.4. The van der Waals surface area contributed by atoms with Gasteiger partial charge in [-0.2, -0.15) is 0 Å². The molecule has 1 saturated heterocycles. The minimum absolute atomic E-state index is 0.154. The molecule has 142 valence electrons. The van der Waals surface area contributed by atoms with E-state index in [0.29, 0.717) is 34.8 Å². The Balaban J connectivity index is 1.51. The lowest BCUT2D eigenvalue weighted by atomic mass is 9.82.